The number of hydrogen-bond acceptors (Lipinski definition) is 3. The lowest BCUT2D eigenvalue weighted by Gasteiger charge is -2.30. The van der Waals surface area contributed by atoms with Gasteiger partial charge in [0.25, 0.3) is 0 Å². The highest BCUT2D eigenvalue weighted by Crippen LogP contribution is 2.19. The van der Waals surface area contributed by atoms with E-state index in [9.17, 15) is 9.59 Å². The van der Waals surface area contributed by atoms with Gasteiger partial charge in [0.15, 0.2) is 0 Å². The molecule has 2 saturated heterocycles. The molecule has 1 N–H and O–H groups in total. The molecule has 1 unspecified atom stereocenters. The fourth-order valence-corrected chi connectivity index (χ4v) is 2.86. The van der Waals surface area contributed by atoms with Crippen LogP contribution < -0.4 is 5.32 Å². The van der Waals surface area contributed by atoms with Crippen LogP contribution in [0.3, 0.4) is 0 Å². The summed E-state index contributed by atoms with van der Waals surface area (Å²) in [5.41, 5.74) is -0.766. The van der Waals surface area contributed by atoms with Gasteiger partial charge in [0.05, 0.1) is 0 Å². The molecule has 0 aromatic heterocycles. The van der Waals surface area contributed by atoms with Crippen molar-refractivity contribution in [2.45, 2.75) is 32.2 Å². The first kappa shape index (κ1) is 13.3. The zero-order valence-corrected chi connectivity index (χ0v) is 11.5. The number of hydrogen-bond donors (Lipinski definition) is 1. The molecule has 2 aliphatic heterocycles. The van der Waals surface area contributed by atoms with Crippen molar-refractivity contribution in [1.29, 1.82) is 0 Å². The van der Waals surface area contributed by atoms with Gasteiger partial charge in [-0.25, -0.2) is 0 Å². The van der Waals surface area contributed by atoms with Gasteiger partial charge in [0, 0.05) is 26.1 Å². The van der Waals surface area contributed by atoms with E-state index in [0.29, 0.717) is 18.9 Å². The molecule has 0 saturated carbocycles. The van der Waals surface area contributed by atoms with Crippen LogP contribution in [0.4, 0.5) is 0 Å². The summed E-state index contributed by atoms with van der Waals surface area (Å²) in [6, 6.07) is 0. The van der Waals surface area contributed by atoms with Gasteiger partial charge in [-0.3, -0.25) is 9.59 Å². The van der Waals surface area contributed by atoms with Gasteiger partial charge in [0.1, 0.15) is 5.54 Å². The Balaban J connectivity index is 2.02. The van der Waals surface area contributed by atoms with Crippen molar-refractivity contribution in [2.24, 2.45) is 5.92 Å². The highest BCUT2D eigenvalue weighted by molar-refractivity contribution is 5.92. The average molecular weight is 253 g/mol. The van der Waals surface area contributed by atoms with Gasteiger partial charge in [-0.1, -0.05) is 0 Å². The monoisotopic (exact) mass is 253 g/mol. The summed E-state index contributed by atoms with van der Waals surface area (Å²) in [5, 5.41) is 2.79. The van der Waals surface area contributed by atoms with E-state index < -0.39 is 5.54 Å². The van der Waals surface area contributed by atoms with Crippen LogP contribution in [0.25, 0.3) is 0 Å². The standard InChI is InChI=1S/C13H23N3O2/c1-13(2)12(18)16(7-5-11(17)14-13)9-10-4-6-15(3)8-10/h10H,4-9H2,1-3H3,(H,14,17). The van der Waals surface area contributed by atoms with Crippen molar-refractivity contribution < 1.29 is 9.59 Å². The summed E-state index contributed by atoms with van der Waals surface area (Å²) in [5.74, 6) is 0.560. The molecule has 2 rings (SSSR count). The number of nitrogens with zero attached hydrogens (tertiary/aromatic N) is 2. The van der Waals surface area contributed by atoms with Crippen LogP contribution in [-0.4, -0.2) is 60.4 Å². The molecule has 0 aliphatic carbocycles. The topological polar surface area (TPSA) is 52.6 Å². The first-order valence-corrected chi connectivity index (χ1v) is 6.67. The van der Waals surface area contributed by atoms with E-state index in [1.54, 1.807) is 13.8 Å². The quantitative estimate of drug-likeness (QED) is 0.757. The third kappa shape index (κ3) is 2.83. The summed E-state index contributed by atoms with van der Waals surface area (Å²) in [6.45, 7) is 7.05. The predicted molar refractivity (Wildman–Crippen MR) is 69.0 cm³/mol. The van der Waals surface area contributed by atoms with Crippen molar-refractivity contribution >= 4 is 11.8 Å². The van der Waals surface area contributed by atoms with E-state index in [1.165, 1.54) is 0 Å². The summed E-state index contributed by atoms with van der Waals surface area (Å²) in [6.07, 6.45) is 1.56. The maximum Gasteiger partial charge on any atom is 0.247 e. The van der Waals surface area contributed by atoms with E-state index >= 15 is 0 Å². The molecule has 0 bridgehead atoms. The van der Waals surface area contributed by atoms with Crippen LogP contribution in [0.5, 0.6) is 0 Å². The Morgan fingerprint density at radius 3 is 2.67 bits per heavy atom. The molecular formula is C13H23N3O2. The molecular weight excluding hydrogens is 230 g/mol. The van der Waals surface area contributed by atoms with E-state index in [0.717, 1.165) is 26.1 Å². The molecule has 2 heterocycles. The maximum atomic E-state index is 12.4. The first-order chi connectivity index (χ1) is 8.38. The van der Waals surface area contributed by atoms with Crippen LogP contribution in [0.2, 0.25) is 0 Å². The third-order valence-electron chi connectivity index (χ3n) is 3.85. The molecule has 0 spiro atoms. The minimum atomic E-state index is -0.766. The fraction of sp³-hybridized carbons (Fsp3) is 0.846. The van der Waals surface area contributed by atoms with Crippen LogP contribution >= 0.6 is 0 Å². The Morgan fingerprint density at radius 1 is 1.33 bits per heavy atom. The number of nitrogens with one attached hydrogen (secondary N) is 1. The van der Waals surface area contributed by atoms with E-state index in [-0.39, 0.29) is 11.8 Å². The molecule has 0 radical (unpaired) electrons. The molecule has 5 nitrogen and oxygen atoms in total. The highest BCUT2D eigenvalue weighted by Gasteiger charge is 2.37. The molecule has 102 valence electrons. The number of amides is 2. The van der Waals surface area contributed by atoms with E-state index in [1.807, 2.05) is 4.90 Å². The minimum Gasteiger partial charge on any atom is -0.342 e. The molecule has 2 fully saturated rings. The van der Waals surface area contributed by atoms with E-state index in [4.69, 9.17) is 0 Å². The van der Waals surface area contributed by atoms with Gasteiger partial charge in [-0.05, 0) is 39.8 Å². The Kier molecular flexibility index (Phi) is 3.61. The summed E-state index contributed by atoms with van der Waals surface area (Å²) < 4.78 is 0. The fourth-order valence-electron chi connectivity index (χ4n) is 2.86. The summed E-state index contributed by atoms with van der Waals surface area (Å²) >= 11 is 0. The van der Waals surface area contributed by atoms with Gasteiger partial charge in [-0.2, -0.15) is 0 Å². The molecule has 0 aromatic rings. The Morgan fingerprint density at radius 2 is 2.06 bits per heavy atom. The second-order valence-electron chi connectivity index (χ2n) is 6.09. The first-order valence-electron chi connectivity index (χ1n) is 6.67. The lowest BCUT2D eigenvalue weighted by molar-refractivity contribution is -0.137. The summed E-state index contributed by atoms with van der Waals surface area (Å²) in [4.78, 5) is 28.1. The van der Waals surface area contributed by atoms with Crippen molar-refractivity contribution in [1.82, 2.24) is 15.1 Å². The maximum absolute atomic E-state index is 12.4. The molecule has 2 aliphatic rings. The number of carbonyl (C=O) groups excluding carboxylic acids is 2. The Bertz CT molecular complexity index is 354. The SMILES string of the molecule is CN1CCC(CN2CCC(=O)NC(C)(C)C2=O)C1. The van der Waals surface area contributed by atoms with Crippen LogP contribution in [0.15, 0.2) is 0 Å². The van der Waals surface area contributed by atoms with Crippen molar-refractivity contribution in [3.63, 3.8) is 0 Å². The molecule has 2 amide bonds. The van der Waals surface area contributed by atoms with Crippen LogP contribution in [0, 0.1) is 5.92 Å². The van der Waals surface area contributed by atoms with Crippen LogP contribution in [-0.2, 0) is 9.59 Å². The number of likely N-dealkylation sites (tertiary alicyclic amines) is 1. The average Bonchev–Trinajstić information content (AvgIpc) is 2.64. The molecule has 5 heteroatoms. The van der Waals surface area contributed by atoms with Gasteiger partial charge in [0.2, 0.25) is 11.8 Å². The van der Waals surface area contributed by atoms with Crippen molar-refractivity contribution in [2.75, 3.05) is 33.2 Å². The molecule has 18 heavy (non-hydrogen) atoms. The van der Waals surface area contributed by atoms with Gasteiger partial charge >= 0.3 is 0 Å². The lowest BCUT2D eigenvalue weighted by atomic mass is 10.0. The summed E-state index contributed by atoms with van der Waals surface area (Å²) in [7, 11) is 2.11. The van der Waals surface area contributed by atoms with Gasteiger partial charge in [-0.15, -0.1) is 0 Å². The minimum absolute atomic E-state index is 0.0283. The molecule has 1 atom stereocenters. The largest absolute Gasteiger partial charge is 0.342 e. The predicted octanol–water partition coefficient (Wildman–Crippen LogP) is 0.0652. The second-order valence-corrected chi connectivity index (χ2v) is 6.09. The number of carbonyl (C=O) groups is 2. The Labute approximate surface area is 108 Å². The van der Waals surface area contributed by atoms with Crippen molar-refractivity contribution in [3.05, 3.63) is 0 Å². The van der Waals surface area contributed by atoms with E-state index in [2.05, 4.69) is 17.3 Å². The van der Waals surface area contributed by atoms with Crippen LogP contribution in [0.1, 0.15) is 26.7 Å². The smallest absolute Gasteiger partial charge is 0.247 e. The highest BCUT2D eigenvalue weighted by atomic mass is 16.2. The van der Waals surface area contributed by atoms with Gasteiger partial charge < -0.3 is 15.1 Å². The van der Waals surface area contributed by atoms with Crippen molar-refractivity contribution in [3.8, 4) is 0 Å². The Hall–Kier alpha value is -1.10. The zero-order chi connectivity index (χ0) is 13.3. The normalized spacial score (nSPS) is 29.3. The second kappa shape index (κ2) is 4.88. The molecule has 0 aromatic carbocycles. The number of rotatable bonds is 2. The zero-order valence-electron chi connectivity index (χ0n) is 11.5. The lowest BCUT2D eigenvalue weighted by Crippen LogP contribution is -2.53. The third-order valence-corrected chi connectivity index (χ3v) is 3.85.